The number of likely N-dealkylation sites (tertiary alicyclic amines) is 1. The van der Waals surface area contributed by atoms with E-state index in [1.165, 1.54) is 30.6 Å². The predicted molar refractivity (Wildman–Crippen MR) is 123 cm³/mol. The lowest BCUT2D eigenvalue weighted by Crippen LogP contribution is -2.43. The molecule has 1 N–H and O–H groups in total. The molecule has 2 aliphatic rings. The average molecular weight is 446 g/mol. The minimum atomic E-state index is 0.0287. The lowest BCUT2D eigenvalue weighted by atomic mass is 9.95. The van der Waals surface area contributed by atoms with Crippen molar-refractivity contribution >= 4 is 34.5 Å². The van der Waals surface area contributed by atoms with Crippen LogP contribution in [0.1, 0.15) is 57.1 Å². The van der Waals surface area contributed by atoms with Crippen LogP contribution in [0.4, 0.5) is 0 Å². The number of hydrogen-bond donors (Lipinski definition) is 1. The maximum Gasteiger partial charge on any atom is 0.223 e. The number of piperidine rings is 1. The van der Waals surface area contributed by atoms with E-state index in [0.717, 1.165) is 55.4 Å². The van der Waals surface area contributed by atoms with Crippen molar-refractivity contribution < 1.29 is 9.59 Å². The maximum absolute atomic E-state index is 12.5. The van der Waals surface area contributed by atoms with E-state index in [4.69, 9.17) is 0 Å². The summed E-state index contributed by atoms with van der Waals surface area (Å²) in [6.45, 7) is 2.06. The van der Waals surface area contributed by atoms with E-state index in [2.05, 4.69) is 27.1 Å². The molecule has 3 heterocycles. The lowest BCUT2D eigenvalue weighted by molar-refractivity contribution is -0.135. The van der Waals surface area contributed by atoms with Gasteiger partial charge in [0, 0.05) is 43.8 Å². The van der Waals surface area contributed by atoms with Gasteiger partial charge >= 0.3 is 0 Å². The van der Waals surface area contributed by atoms with Crippen LogP contribution in [-0.2, 0) is 16.0 Å². The van der Waals surface area contributed by atoms with Gasteiger partial charge in [0.2, 0.25) is 11.8 Å². The van der Waals surface area contributed by atoms with Crippen LogP contribution in [0, 0.1) is 11.8 Å². The van der Waals surface area contributed by atoms with Gasteiger partial charge < -0.3 is 10.2 Å². The van der Waals surface area contributed by atoms with E-state index in [9.17, 15) is 9.59 Å². The topological polar surface area (TPSA) is 62.3 Å². The van der Waals surface area contributed by atoms with Gasteiger partial charge in [0.15, 0.2) is 0 Å². The lowest BCUT2D eigenvalue weighted by Gasteiger charge is -2.31. The Hall–Kier alpha value is -1.73. The van der Waals surface area contributed by atoms with Gasteiger partial charge in [-0.25, -0.2) is 4.98 Å². The number of carbonyl (C=O) groups excluding carboxylic acids is 2. The Morgan fingerprint density at radius 3 is 2.67 bits per heavy atom. The second-order valence-electron chi connectivity index (χ2n) is 8.51. The van der Waals surface area contributed by atoms with Gasteiger partial charge in [-0.3, -0.25) is 9.59 Å². The first-order chi connectivity index (χ1) is 14.7. The number of thiophene rings is 1. The molecule has 2 fully saturated rings. The van der Waals surface area contributed by atoms with Crippen molar-refractivity contribution in [3.05, 3.63) is 28.6 Å². The third-order valence-electron chi connectivity index (χ3n) is 6.42. The van der Waals surface area contributed by atoms with E-state index in [1.807, 2.05) is 11.0 Å². The fourth-order valence-electron chi connectivity index (χ4n) is 4.57. The molecule has 7 heteroatoms. The smallest absolute Gasteiger partial charge is 0.223 e. The molecule has 1 aliphatic heterocycles. The highest BCUT2D eigenvalue weighted by atomic mass is 32.1. The zero-order valence-corrected chi connectivity index (χ0v) is 19.1. The third kappa shape index (κ3) is 5.70. The molecule has 2 aromatic heterocycles. The first kappa shape index (κ1) is 21.5. The van der Waals surface area contributed by atoms with Crippen molar-refractivity contribution in [2.24, 2.45) is 11.8 Å². The fourth-order valence-corrected chi connectivity index (χ4v) is 6.24. The number of rotatable bonds is 8. The maximum atomic E-state index is 12.5. The molecule has 1 saturated carbocycles. The average Bonchev–Trinajstić information content (AvgIpc) is 3.54. The predicted octanol–water partition coefficient (Wildman–Crippen LogP) is 4.74. The molecule has 0 bridgehead atoms. The number of carbonyl (C=O) groups is 2. The van der Waals surface area contributed by atoms with Gasteiger partial charge in [0.1, 0.15) is 5.01 Å². The third-order valence-corrected chi connectivity index (χ3v) is 8.35. The van der Waals surface area contributed by atoms with Gasteiger partial charge in [0.05, 0.1) is 10.6 Å². The van der Waals surface area contributed by atoms with E-state index in [0.29, 0.717) is 13.0 Å². The summed E-state index contributed by atoms with van der Waals surface area (Å²) in [5, 5.41) is 8.27. The highest BCUT2D eigenvalue weighted by molar-refractivity contribution is 7.20. The summed E-state index contributed by atoms with van der Waals surface area (Å²) >= 11 is 3.36. The minimum absolute atomic E-state index is 0.0287. The quantitative estimate of drug-likeness (QED) is 0.638. The molecule has 0 spiro atoms. The van der Waals surface area contributed by atoms with Crippen LogP contribution in [0.2, 0.25) is 0 Å². The summed E-state index contributed by atoms with van der Waals surface area (Å²) in [6, 6.07) is 4.12. The zero-order valence-electron chi connectivity index (χ0n) is 17.5. The van der Waals surface area contributed by atoms with Crippen molar-refractivity contribution in [3.63, 3.8) is 0 Å². The Balaban J connectivity index is 1.13. The molecule has 162 valence electrons. The van der Waals surface area contributed by atoms with Gasteiger partial charge in [-0.2, -0.15) is 0 Å². The number of thiazole rings is 1. The molecule has 0 aromatic carbocycles. The summed E-state index contributed by atoms with van der Waals surface area (Å²) in [7, 11) is 0. The zero-order chi connectivity index (χ0) is 20.8. The molecule has 0 unspecified atom stereocenters. The van der Waals surface area contributed by atoms with E-state index >= 15 is 0 Å². The molecule has 0 radical (unpaired) electrons. The summed E-state index contributed by atoms with van der Waals surface area (Å²) in [5.41, 5.74) is 1.03. The van der Waals surface area contributed by atoms with Crippen molar-refractivity contribution in [1.82, 2.24) is 15.2 Å². The van der Waals surface area contributed by atoms with Crippen LogP contribution in [0.25, 0.3) is 9.88 Å². The second kappa shape index (κ2) is 10.5. The van der Waals surface area contributed by atoms with E-state index < -0.39 is 0 Å². The Labute approximate surface area is 186 Å². The van der Waals surface area contributed by atoms with Crippen molar-refractivity contribution in [2.45, 2.75) is 57.8 Å². The SMILES string of the molecule is O=C(NCCc1csc(-c2cccs2)n1)C1CCN(C(=O)CCC2CCCC2)CC1. The summed E-state index contributed by atoms with van der Waals surface area (Å²) < 4.78 is 0. The molecule has 2 aromatic rings. The number of nitrogens with one attached hydrogen (secondary N) is 1. The minimum Gasteiger partial charge on any atom is -0.355 e. The standard InChI is InChI=1S/C23H31N3O2S2/c27-21(8-7-17-4-1-2-5-17)26-13-10-18(11-14-26)22(28)24-12-9-19-16-30-23(25-19)20-6-3-15-29-20/h3,6,15-18H,1-2,4-5,7-14H2,(H,24,28). The van der Waals surface area contributed by atoms with Crippen LogP contribution in [-0.4, -0.2) is 41.3 Å². The van der Waals surface area contributed by atoms with Crippen LogP contribution in [0.3, 0.4) is 0 Å². The Bertz CT molecular complexity index is 819. The van der Waals surface area contributed by atoms with E-state index in [1.54, 1.807) is 22.7 Å². The largest absolute Gasteiger partial charge is 0.355 e. The van der Waals surface area contributed by atoms with Gasteiger partial charge in [-0.1, -0.05) is 31.7 Å². The molecule has 4 rings (SSSR count). The summed E-state index contributed by atoms with van der Waals surface area (Å²) in [5.74, 6) is 1.20. The van der Waals surface area contributed by atoms with Gasteiger partial charge in [-0.15, -0.1) is 22.7 Å². The molecular weight excluding hydrogens is 414 g/mol. The Morgan fingerprint density at radius 1 is 1.13 bits per heavy atom. The van der Waals surface area contributed by atoms with Crippen LogP contribution in [0.5, 0.6) is 0 Å². The number of aromatic nitrogens is 1. The molecule has 1 aliphatic carbocycles. The summed E-state index contributed by atoms with van der Waals surface area (Å²) in [6.07, 6.45) is 9.30. The van der Waals surface area contributed by atoms with Gasteiger partial charge in [-0.05, 0) is 36.6 Å². The van der Waals surface area contributed by atoms with Crippen molar-refractivity contribution in [3.8, 4) is 9.88 Å². The fraction of sp³-hybridized carbons (Fsp3) is 0.609. The molecule has 1 saturated heterocycles. The second-order valence-corrected chi connectivity index (χ2v) is 10.3. The highest BCUT2D eigenvalue weighted by Gasteiger charge is 2.27. The van der Waals surface area contributed by atoms with Crippen LogP contribution < -0.4 is 5.32 Å². The Kier molecular flexibility index (Phi) is 7.55. The molecule has 2 amide bonds. The molecule has 30 heavy (non-hydrogen) atoms. The summed E-state index contributed by atoms with van der Waals surface area (Å²) in [4.78, 5) is 32.8. The molecule has 5 nitrogen and oxygen atoms in total. The highest BCUT2D eigenvalue weighted by Crippen LogP contribution is 2.29. The van der Waals surface area contributed by atoms with Crippen LogP contribution >= 0.6 is 22.7 Å². The van der Waals surface area contributed by atoms with Gasteiger partial charge in [0.25, 0.3) is 0 Å². The number of nitrogens with zero attached hydrogens (tertiary/aromatic N) is 2. The number of amides is 2. The van der Waals surface area contributed by atoms with E-state index in [-0.39, 0.29) is 17.7 Å². The molecule has 0 atom stereocenters. The van der Waals surface area contributed by atoms with Crippen molar-refractivity contribution in [1.29, 1.82) is 0 Å². The van der Waals surface area contributed by atoms with Crippen molar-refractivity contribution in [2.75, 3.05) is 19.6 Å². The monoisotopic (exact) mass is 445 g/mol. The number of hydrogen-bond acceptors (Lipinski definition) is 5. The molecular formula is C23H31N3O2S2. The first-order valence-corrected chi connectivity index (χ1v) is 13.0. The Morgan fingerprint density at radius 2 is 1.93 bits per heavy atom. The van der Waals surface area contributed by atoms with Crippen LogP contribution in [0.15, 0.2) is 22.9 Å². The normalized spacial score (nSPS) is 18.1. The first-order valence-electron chi connectivity index (χ1n) is 11.2.